The Labute approximate surface area is 227 Å². The first-order valence-electron chi connectivity index (χ1n) is 13.1. The Balaban J connectivity index is 1.11. The molecule has 0 aromatic heterocycles. The number of anilines is 1. The summed E-state index contributed by atoms with van der Waals surface area (Å²) < 4.78 is 16.1. The van der Waals surface area contributed by atoms with Crippen molar-refractivity contribution in [1.82, 2.24) is 9.80 Å². The number of hydrogen-bond donors (Lipinski definition) is 1. The van der Waals surface area contributed by atoms with Crippen molar-refractivity contribution in [3.8, 4) is 17.2 Å². The molecule has 0 bridgehead atoms. The maximum absolute atomic E-state index is 13.7. The van der Waals surface area contributed by atoms with Crippen LogP contribution in [0.3, 0.4) is 0 Å². The minimum absolute atomic E-state index is 0.264. The van der Waals surface area contributed by atoms with Crippen LogP contribution in [0.1, 0.15) is 27.9 Å². The SMILES string of the molecule is COc1ccc(C(=O)CC2(O)C(=O)N(CN3CCN(Cc4ccc5c(c4)OCO5)CC3)c3ccccc32)cc1. The molecule has 0 radical (unpaired) electrons. The van der Waals surface area contributed by atoms with E-state index in [2.05, 4.69) is 15.9 Å². The summed E-state index contributed by atoms with van der Waals surface area (Å²) in [6.07, 6.45) is -0.324. The van der Waals surface area contributed by atoms with E-state index in [1.165, 1.54) is 5.56 Å². The molecule has 3 aromatic carbocycles. The summed E-state index contributed by atoms with van der Waals surface area (Å²) in [5.74, 6) is 1.44. The van der Waals surface area contributed by atoms with Crippen LogP contribution in [-0.2, 0) is 16.9 Å². The normalized spacial score (nSPS) is 20.8. The van der Waals surface area contributed by atoms with E-state index in [0.29, 0.717) is 29.2 Å². The molecule has 39 heavy (non-hydrogen) atoms. The molecule has 3 heterocycles. The van der Waals surface area contributed by atoms with Crippen molar-refractivity contribution >= 4 is 17.4 Å². The Morgan fingerprint density at radius 3 is 2.44 bits per heavy atom. The molecule has 0 spiro atoms. The quantitative estimate of drug-likeness (QED) is 0.446. The average molecular weight is 530 g/mol. The predicted octanol–water partition coefficient (Wildman–Crippen LogP) is 3.01. The molecule has 202 valence electrons. The van der Waals surface area contributed by atoms with Gasteiger partial charge in [-0.05, 0) is 48.0 Å². The van der Waals surface area contributed by atoms with Crippen LogP contribution >= 0.6 is 0 Å². The zero-order valence-electron chi connectivity index (χ0n) is 21.8. The molecule has 9 nitrogen and oxygen atoms in total. The fourth-order valence-corrected chi connectivity index (χ4v) is 5.52. The van der Waals surface area contributed by atoms with Crippen LogP contribution in [0.5, 0.6) is 17.2 Å². The largest absolute Gasteiger partial charge is 0.497 e. The zero-order chi connectivity index (χ0) is 27.0. The highest BCUT2D eigenvalue weighted by Crippen LogP contribution is 2.43. The van der Waals surface area contributed by atoms with E-state index >= 15 is 0 Å². The lowest BCUT2D eigenvalue weighted by atomic mass is 9.88. The summed E-state index contributed by atoms with van der Waals surface area (Å²) in [5.41, 5.74) is 0.803. The molecule has 3 aliphatic rings. The number of benzene rings is 3. The highest BCUT2D eigenvalue weighted by molar-refractivity contribution is 6.10. The second kappa shape index (κ2) is 10.3. The van der Waals surface area contributed by atoms with Gasteiger partial charge in [0.15, 0.2) is 22.9 Å². The molecular weight excluding hydrogens is 498 g/mol. The van der Waals surface area contributed by atoms with E-state index in [0.717, 1.165) is 44.2 Å². The number of aliphatic hydroxyl groups is 1. The van der Waals surface area contributed by atoms with E-state index in [-0.39, 0.29) is 19.0 Å². The number of hydrogen-bond acceptors (Lipinski definition) is 8. The molecule has 0 aliphatic carbocycles. The molecule has 1 unspecified atom stereocenters. The van der Waals surface area contributed by atoms with E-state index in [1.807, 2.05) is 24.3 Å². The van der Waals surface area contributed by atoms with Crippen molar-refractivity contribution in [1.29, 1.82) is 0 Å². The maximum atomic E-state index is 13.7. The van der Waals surface area contributed by atoms with Gasteiger partial charge in [-0.1, -0.05) is 24.3 Å². The number of para-hydroxylation sites is 1. The molecule has 6 rings (SSSR count). The van der Waals surface area contributed by atoms with Gasteiger partial charge in [-0.3, -0.25) is 24.3 Å². The number of ketones is 1. The standard InChI is InChI=1S/C30H31N3O6/c1-37-23-9-7-22(8-10-23)26(34)17-30(36)24-4-2-3-5-25(24)33(29(30)35)19-32-14-12-31(13-15-32)18-21-6-11-27-28(16-21)39-20-38-27/h2-11,16,36H,12-15,17-20H2,1H3. The zero-order valence-corrected chi connectivity index (χ0v) is 21.8. The number of carbonyl (C=O) groups excluding carboxylic acids is 2. The second-order valence-corrected chi connectivity index (χ2v) is 10.2. The summed E-state index contributed by atoms with van der Waals surface area (Å²) in [6.45, 7) is 4.67. The minimum atomic E-state index is -1.91. The van der Waals surface area contributed by atoms with Gasteiger partial charge in [-0.2, -0.15) is 0 Å². The molecule has 3 aromatic rings. The van der Waals surface area contributed by atoms with Gasteiger partial charge in [0.1, 0.15) is 5.75 Å². The van der Waals surface area contributed by atoms with Crippen molar-refractivity contribution in [2.24, 2.45) is 0 Å². The van der Waals surface area contributed by atoms with Crippen molar-refractivity contribution in [3.05, 3.63) is 83.4 Å². The molecular formula is C30H31N3O6. The first-order chi connectivity index (χ1) is 18.9. The molecule has 1 N–H and O–H groups in total. The van der Waals surface area contributed by atoms with Crippen LogP contribution < -0.4 is 19.1 Å². The first-order valence-corrected chi connectivity index (χ1v) is 13.1. The lowest BCUT2D eigenvalue weighted by Gasteiger charge is -2.37. The van der Waals surface area contributed by atoms with Gasteiger partial charge in [0, 0.05) is 43.9 Å². The molecule has 1 atom stereocenters. The summed E-state index contributed by atoms with van der Waals surface area (Å²) in [7, 11) is 1.56. The van der Waals surface area contributed by atoms with Crippen LogP contribution in [0.25, 0.3) is 0 Å². The van der Waals surface area contributed by atoms with Crippen LogP contribution in [-0.4, -0.2) is 73.3 Å². The van der Waals surface area contributed by atoms with E-state index in [9.17, 15) is 14.7 Å². The number of rotatable bonds is 8. The number of carbonyl (C=O) groups is 2. The summed E-state index contributed by atoms with van der Waals surface area (Å²) in [4.78, 5) is 33.0. The van der Waals surface area contributed by atoms with Crippen LogP contribution in [0, 0.1) is 0 Å². The van der Waals surface area contributed by atoms with Crippen molar-refractivity contribution < 1.29 is 28.9 Å². The topological polar surface area (TPSA) is 91.8 Å². The number of Topliss-reactive ketones (excluding diaryl/α,β-unsaturated/α-hetero) is 1. The smallest absolute Gasteiger partial charge is 0.265 e. The fraction of sp³-hybridized carbons (Fsp3) is 0.333. The van der Waals surface area contributed by atoms with Gasteiger partial charge in [0.25, 0.3) is 5.91 Å². The van der Waals surface area contributed by atoms with Crippen molar-refractivity contribution in [2.75, 3.05) is 51.7 Å². The Bertz CT molecular complexity index is 1390. The monoisotopic (exact) mass is 529 g/mol. The Hall–Kier alpha value is -3.92. The maximum Gasteiger partial charge on any atom is 0.265 e. The van der Waals surface area contributed by atoms with Crippen molar-refractivity contribution in [3.63, 3.8) is 0 Å². The van der Waals surface area contributed by atoms with Gasteiger partial charge in [-0.15, -0.1) is 0 Å². The fourth-order valence-electron chi connectivity index (χ4n) is 5.52. The highest BCUT2D eigenvalue weighted by Gasteiger charge is 2.51. The number of amides is 1. The second-order valence-electron chi connectivity index (χ2n) is 10.2. The number of nitrogens with zero attached hydrogens (tertiary/aromatic N) is 3. The number of fused-ring (bicyclic) bond motifs is 2. The minimum Gasteiger partial charge on any atom is -0.497 e. The number of methoxy groups -OCH3 is 1. The van der Waals surface area contributed by atoms with Gasteiger partial charge in [0.05, 0.1) is 25.9 Å². The predicted molar refractivity (Wildman–Crippen MR) is 144 cm³/mol. The van der Waals surface area contributed by atoms with Crippen LogP contribution in [0.4, 0.5) is 5.69 Å². The highest BCUT2D eigenvalue weighted by atomic mass is 16.7. The Morgan fingerprint density at radius 2 is 1.67 bits per heavy atom. The summed E-state index contributed by atoms with van der Waals surface area (Å²) in [5, 5.41) is 11.6. The molecule has 1 saturated heterocycles. The van der Waals surface area contributed by atoms with Gasteiger partial charge in [-0.25, -0.2) is 0 Å². The molecule has 0 saturated carbocycles. The molecule has 9 heteroatoms. The Morgan fingerprint density at radius 1 is 0.949 bits per heavy atom. The van der Waals surface area contributed by atoms with E-state index in [4.69, 9.17) is 14.2 Å². The average Bonchev–Trinajstić information content (AvgIpc) is 3.51. The number of ether oxygens (including phenoxy) is 3. The lowest BCUT2D eigenvalue weighted by molar-refractivity contribution is -0.136. The first kappa shape index (κ1) is 25.4. The molecule has 1 amide bonds. The third kappa shape index (κ3) is 4.85. The Kier molecular flexibility index (Phi) is 6.72. The summed E-state index contributed by atoms with van der Waals surface area (Å²) in [6, 6.07) is 19.9. The van der Waals surface area contributed by atoms with Crippen LogP contribution in [0.2, 0.25) is 0 Å². The molecule has 3 aliphatic heterocycles. The van der Waals surface area contributed by atoms with Gasteiger partial charge < -0.3 is 19.3 Å². The van der Waals surface area contributed by atoms with Crippen LogP contribution in [0.15, 0.2) is 66.7 Å². The third-order valence-corrected chi connectivity index (χ3v) is 7.72. The van der Waals surface area contributed by atoms with E-state index in [1.54, 1.807) is 48.4 Å². The van der Waals surface area contributed by atoms with Gasteiger partial charge >= 0.3 is 0 Å². The van der Waals surface area contributed by atoms with E-state index < -0.39 is 11.5 Å². The number of piperazine rings is 1. The molecule has 1 fully saturated rings. The lowest BCUT2D eigenvalue weighted by Crippen LogP contribution is -2.52. The van der Waals surface area contributed by atoms with Gasteiger partial charge in [0.2, 0.25) is 6.79 Å². The van der Waals surface area contributed by atoms with Crippen molar-refractivity contribution in [2.45, 2.75) is 18.6 Å². The summed E-state index contributed by atoms with van der Waals surface area (Å²) >= 11 is 0. The third-order valence-electron chi connectivity index (χ3n) is 7.72.